The number of fused-ring (bicyclic) bond motifs is 2. The van der Waals surface area contributed by atoms with Crippen LogP contribution in [0.25, 0.3) is 10.2 Å². The van der Waals surface area contributed by atoms with Crippen LogP contribution in [0.3, 0.4) is 0 Å². The molecule has 4 nitrogen and oxygen atoms in total. The third-order valence-corrected chi connectivity index (χ3v) is 5.04. The van der Waals surface area contributed by atoms with Crippen molar-refractivity contribution < 1.29 is 0 Å². The second-order valence-electron chi connectivity index (χ2n) is 6.00. The molecule has 0 bridgehead atoms. The molecule has 0 aliphatic carbocycles. The van der Waals surface area contributed by atoms with E-state index in [1.807, 2.05) is 30.3 Å². The van der Waals surface area contributed by atoms with Crippen molar-refractivity contribution in [2.24, 2.45) is 10.1 Å². The molecular formula is C18H16N4S. The monoisotopic (exact) mass is 320 g/mol. The van der Waals surface area contributed by atoms with Crippen molar-refractivity contribution in [3.05, 3.63) is 54.1 Å². The van der Waals surface area contributed by atoms with Gasteiger partial charge in [0.15, 0.2) is 0 Å². The normalized spacial score (nSPS) is 15.8. The molecule has 2 heterocycles. The molecule has 0 fully saturated rings. The lowest BCUT2D eigenvalue weighted by atomic mass is 9.82. The van der Waals surface area contributed by atoms with Crippen LogP contribution in [0.4, 0.5) is 10.8 Å². The summed E-state index contributed by atoms with van der Waals surface area (Å²) >= 11 is 1.59. The standard InChI is InChI=1S/C18H16N4S/c1-18(2)12-7-3-4-8-13(12)20-16(18)11-19-22-17-21-14-9-5-6-10-15(14)23-17/h3-11H,1-2H3,(H,21,22)/b19-11+. The van der Waals surface area contributed by atoms with Crippen molar-refractivity contribution >= 4 is 44.3 Å². The van der Waals surface area contributed by atoms with Crippen LogP contribution in [0.15, 0.2) is 58.6 Å². The van der Waals surface area contributed by atoms with Gasteiger partial charge in [-0.25, -0.2) is 4.98 Å². The highest BCUT2D eigenvalue weighted by Crippen LogP contribution is 2.39. The first-order valence-electron chi connectivity index (χ1n) is 7.48. The lowest BCUT2D eigenvalue weighted by Crippen LogP contribution is -2.26. The second kappa shape index (κ2) is 5.28. The molecule has 0 spiro atoms. The van der Waals surface area contributed by atoms with Crippen molar-refractivity contribution in [3.63, 3.8) is 0 Å². The minimum absolute atomic E-state index is 0.130. The Morgan fingerprint density at radius 3 is 2.70 bits per heavy atom. The quantitative estimate of drug-likeness (QED) is 0.559. The Kier molecular flexibility index (Phi) is 3.23. The lowest BCUT2D eigenvalue weighted by Gasteiger charge is -2.19. The molecule has 3 aromatic rings. The van der Waals surface area contributed by atoms with E-state index in [1.54, 1.807) is 17.6 Å². The number of rotatable bonds is 3. The Morgan fingerprint density at radius 1 is 1.09 bits per heavy atom. The zero-order valence-corrected chi connectivity index (χ0v) is 13.8. The van der Waals surface area contributed by atoms with Gasteiger partial charge in [-0.3, -0.25) is 10.4 Å². The first kappa shape index (κ1) is 14.1. The summed E-state index contributed by atoms with van der Waals surface area (Å²) in [4.78, 5) is 9.20. The summed E-state index contributed by atoms with van der Waals surface area (Å²) in [5.41, 5.74) is 7.09. The number of nitrogens with one attached hydrogen (secondary N) is 1. The first-order chi connectivity index (χ1) is 11.1. The zero-order chi connectivity index (χ0) is 15.9. The fourth-order valence-corrected chi connectivity index (χ4v) is 3.58. The predicted molar refractivity (Wildman–Crippen MR) is 98.3 cm³/mol. The molecule has 5 heteroatoms. The highest BCUT2D eigenvalue weighted by molar-refractivity contribution is 7.22. The Labute approximate surface area is 138 Å². The lowest BCUT2D eigenvalue weighted by molar-refractivity contribution is 0.744. The van der Waals surface area contributed by atoms with Gasteiger partial charge in [0.05, 0.1) is 27.8 Å². The summed E-state index contributed by atoms with van der Waals surface area (Å²) in [6.07, 6.45) is 1.80. The minimum atomic E-state index is -0.130. The summed E-state index contributed by atoms with van der Waals surface area (Å²) in [7, 11) is 0. The molecule has 0 amide bonds. The molecule has 2 aromatic carbocycles. The van der Waals surface area contributed by atoms with Gasteiger partial charge in [0.25, 0.3) is 0 Å². The number of hydrogen-bond acceptors (Lipinski definition) is 5. The number of aromatic nitrogens is 1. The van der Waals surface area contributed by atoms with E-state index in [9.17, 15) is 0 Å². The Morgan fingerprint density at radius 2 is 1.87 bits per heavy atom. The highest BCUT2D eigenvalue weighted by atomic mass is 32.1. The fourth-order valence-electron chi connectivity index (χ4n) is 2.77. The van der Waals surface area contributed by atoms with Crippen molar-refractivity contribution in [3.8, 4) is 0 Å². The first-order valence-corrected chi connectivity index (χ1v) is 8.29. The van der Waals surface area contributed by atoms with Crippen LogP contribution in [0.1, 0.15) is 19.4 Å². The Balaban J connectivity index is 1.55. The van der Waals surface area contributed by atoms with Crippen molar-refractivity contribution in [1.29, 1.82) is 0 Å². The smallest absolute Gasteiger partial charge is 0.204 e. The van der Waals surface area contributed by atoms with E-state index >= 15 is 0 Å². The molecule has 4 rings (SSSR count). The number of thiazole rings is 1. The van der Waals surface area contributed by atoms with Gasteiger partial charge >= 0.3 is 0 Å². The largest absolute Gasteiger partial charge is 0.253 e. The zero-order valence-electron chi connectivity index (χ0n) is 12.9. The van der Waals surface area contributed by atoms with Crippen LogP contribution >= 0.6 is 11.3 Å². The topological polar surface area (TPSA) is 49.6 Å². The predicted octanol–water partition coefficient (Wildman–Crippen LogP) is 4.76. The van der Waals surface area contributed by atoms with E-state index in [0.717, 1.165) is 26.7 Å². The van der Waals surface area contributed by atoms with Gasteiger partial charge in [0.2, 0.25) is 5.13 Å². The van der Waals surface area contributed by atoms with Crippen molar-refractivity contribution in [1.82, 2.24) is 4.98 Å². The molecular weight excluding hydrogens is 304 g/mol. The molecule has 0 radical (unpaired) electrons. The van der Waals surface area contributed by atoms with E-state index in [0.29, 0.717) is 0 Å². The Bertz CT molecular complexity index is 904. The van der Waals surface area contributed by atoms with Gasteiger partial charge in [0, 0.05) is 5.41 Å². The minimum Gasteiger partial charge on any atom is -0.253 e. The summed E-state index contributed by atoms with van der Waals surface area (Å²) in [6, 6.07) is 16.3. The number of hydrogen-bond donors (Lipinski definition) is 1. The molecule has 0 saturated heterocycles. The molecule has 1 aromatic heterocycles. The van der Waals surface area contributed by atoms with Crippen LogP contribution < -0.4 is 5.43 Å². The van der Waals surface area contributed by atoms with Crippen molar-refractivity contribution in [2.75, 3.05) is 5.43 Å². The number of benzene rings is 2. The Hall–Kier alpha value is -2.53. The van der Waals surface area contributed by atoms with Gasteiger partial charge in [-0.05, 0) is 23.8 Å². The van der Waals surface area contributed by atoms with Crippen LogP contribution in [0, 0.1) is 0 Å². The number of para-hydroxylation sites is 2. The number of nitrogens with zero attached hydrogens (tertiary/aromatic N) is 3. The van der Waals surface area contributed by atoms with E-state index in [-0.39, 0.29) is 5.41 Å². The summed E-state index contributed by atoms with van der Waals surface area (Å²) in [5.74, 6) is 0. The van der Waals surface area contributed by atoms with Crippen LogP contribution in [0.2, 0.25) is 0 Å². The molecule has 23 heavy (non-hydrogen) atoms. The van der Waals surface area contributed by atoms with E-state index in [4.69, 9.17) is 0 Å². The third kappa shape index (κ3) is 2.43. The molecule has 0 saturated carbocycles. The molecule has 1 aliphatic rings. The molecule has 1 N–H and O–H groups in total. The van der Waals surface area contributed by atoms with Crippen LogP contribution in [-0.4, -0.2) is 16.9 Å². The average molecular weight is 320 g/mol. The third-order valence-electron chi connectivity index (χ3n) is 4.10. The maximum Gasteiger partial charge on any atom is 0.204 e. The van der Waals surface area contributed by atoms with Gasteiger partial charge < -0.3 is 0 Å². The van der Waals surface area contributed by atoms with Gasteiger partial charge in [-0.1, -0.05) is 55.5 Å². The number of anilines is 1. The summed E-state index contributed by atoms with van der Waals surface area (Å²) < 4.78 is 1.15. The van der Waals surface area contributed by atoms with Crippen LogP contribution in [-0.2, 0) is 5.41 Å². The van der Waals surface area contributed by atoms with Gasteiger partial charge in [0.1, 0.15) is 0 Å². The maximum atomic E-state index is 4.69. The highest BCUT2D eigenvalue weighted by Gasteiger charge is 2.33. The number of hydrazone groups is 1. The SMILES string of the molecule is CC1(C)C(/C=N/Nc2nc3ccccc3s2)=Nc2ccccc21. The average Bonchev–Trinajstić information content (AvgIpc) is 3.07. The van der Waals surface area contributed by atoms with Crippen molar-refractivity contribution in [2.45, 2.75) is 19.3 Å². The molecule has 0 unspecified atom stereocenters. The fraction of sp³-hybridized carbons (Fsp3) is 0.167. The van der Waals surface area contributed by atoms with Gasteiger partial charge in [-0.2, -0.15) is 5.10 Å². The molecule has 1 aliphatic heterocycles. The second-order valence-corrected chi connectivity index (χ2v) is 7.03. The number of aliphatic imine (C=N–C) groups is 1. The van der Waals surface area contributed by atoms with Gasteiger partial charge in [-0.15, -0.1) is 0 Å². The van der Waals surface area contributed by atoms with E-state index < -0.39 is 0 Å². The maximum absolute atomic E-state index is 4.69. The van der Waals surface area contributed by atoms with E-state index in [1.165, 1.54) is 5.56 Å². The molecule has 114 valence electrons. The van der Waals surface area contributed by atoms with E-state index in [2.05, 4.69) is 52.6 Å². The summed E-state index contributed by atoms with van der Waals surface area (Å²) in [6.45, 7) is 4.34. The molecule has 0 atom stereocenters. The van der Waals surface area contributed by atoms with Crippen LogP contribution in [0.5, 0.6) is 0 Å². The summed E-state index contributed by atoms with van der Waals surface area (Å²) in [5, 5.41) is 5.13.